The van der Waals surface area contributed by atoms with Crippen LogP contribution < -0.4 is 0 Å². The maximum Gasteiger partial charge on any atom is 0.165 e. The van der Waals surface area contributed by atoms with Crippen LogP contribution in [0.5, 0.6) is 0 Å². The van der Waals surface area contributed by atoms with E-state index in [0.29, 0.717) is 23.3 Å². The standard InChI is InChI=1S/C43H27N5S/c1-5-14-28(15-6-1)29-24-26-30(27-25-29)36-39-37(45-40(44-36)31-16-7-2-8-17-31)34-22-13-23-35(38(34)49-39)43-47-41(32-18-9-3-10-19-32)46-42(48-43)33-20-11-4-12-21-33/h1-27H. The summed E-state index contributed by atoms with van der Waals surface area (Å²) in [4.78, 5) is 25.4. The highest BCUT2D eigenvalue weighted by Crippen LogP contribution is 2.43. The number of fused-ring (bicyclic) bond motifs is 3. The molecule has 0 saturated carbocycles. The van der Waals surface area contributed by atoms with Crippen LogP contribution in [0.2, 0.25) is 0 Å². The molecule has 6 aromatic carbocycles. The minimum atomic E-state index is 0.620. The number of aromatic nitrogens is 5. The van der Waals surface area contributed by atoms with Crippen LogP contribution in [0.1, 0.15) is 0 Å². The van der Waals surface area contributed by atoms with Gasteiger partial charge in [-0.2, -0.15) is 0 Å². The van der Waals surface area contributed by atoms with E-state index in [2.05, 4.69) is 78.9 Å². The van der Waals surface area contributed by atoms with E-state index in [-0.39, 0.29) is 0 Å². The van der Waals surface area contributed by atoms with Gasteiger partial charge in [-0.05, 0) is 17.2 Å². The van der Waals surface area contributed by atoms with E-state index in [9.17, 15) is 0 Å². The highest BCUT2D eigenvalue weighted by atomic mass is 32.1. The third kappa shape index (κ3) is 5.44. The zero-order chi connectivity index (χ0) is 32.6. The fourth-order valence-corrected chi connectivity index (χ4v) is 7.39. The molecule has 0 atom stereocenters. The van der Waals surface area contributed by atoms with Gasteiger partial charge in [0.1, 0.15) is 0 Å². The van der Waals surface area contributed by atoms with Crippen LogP contribution >= 0.6 is 11.3 Å². The summed E-state index contributed by atoms with van der Waals surface area (Å²) in [5.74, 6) is 2.58. The fourth-order valence-electron chi connectivity index (χ4n) is 6.13. The number of benzene rings is 6. The Morgan fingerprint density at radius 1 is 0.306 bits per heavy atom. The van der Waals surface area contributed by atoms with Gasteiger partial charge in [0.05, 0.1) is 15.9 Å². The van der Waals surface area contributed by atoms with Crippen molar-refractivity contribution < 1.29 is 0 Å². The van der Waals surface area contributed by atoms with Crippen LogP contribution in [-0.4, -0.2) is 24.9 Å². The fraction of sp³-hybridized carbons (Fsp3) is 0. The first kappa shape index (κ1) is 28.8. The monoisotopic (exact) mass is 645 g/mol. The Kier molecular flexibility index (Phi) is 7.26. The van der Waals surface area contributed by atoms with Crippen LogP contribution in [0.4, 0.5) is 0 Å². The van der Waals surface area contributed by atoms with Crippen LogP contribution in [-0.2, 0) is 0 Å². The number of hydrogen-bond acceptors (Lipinski definition) is 6. The summed E-state index contributed by atoms with van der Waals surface area (Å²) in [5.41, 5.74) is 8.98. The van der Waals surface area contributed by atoms with Crippen LogP contribution in [0.25, 0.3) is 88.2 Å². The molecule has 0 aliphatic carbocycles. The van der Waals surface area contributed by atoms with E-state index in [4.69, 9.17) is 24.9 Å². The van der Waals surface area contributed by atoms with Gasteiger partial charge < -0.3 is 0 Å². The molecular weight excluding hydrogens is 619 g/mol. The van der Waals surface area contributed by atoms with Crippen molar-refractivity contribution in [1.29, 1.82) is 0 Å². The smallest absolute Gasteiger partial charge is 0.165 e. The minimum absolute atomic E-state index is 0.620. The Hall–Kier alpha value is -6.37. The van der Waals surface area contributed by atoms with E-state index < -0.39 is 0 Å². The molecule has 0 aliphatic heterocycles. The molecule has 0 radical (unpaired) electrons. The summed E-state index contributed by atoms with van der Waals surface area (Å²) in [6.07, 6.45) is 0. The number of rotatable bonds is 6. The van der Waals surface area contributed by atoms with Crippen molar-refractivity contribution in [1.82, 2.24) is 24.9 Å². The first-order valence-electron chi connectivity index (χ1n) is 16.1. The maximum atomic E-state index is 5.21. The molecule has 0 saturated heterocycles. The molecule has 9 rings (SSSR count). The van der Waals surface area contributed by atoms with E-state index in [1.807, 2.05) is 84.9 Å². The highest BCUT2D eigenvalue weighted by Gasteiger charge is 2.21. The molecule has 0 amide bonds. The second kappa shape index (κ2) is 12.3. The summed E-state index contributed by atoms with van der Waals surface area (Å²) in [6.45, 7) is 0. The normalized spacial score (nSPS) is 11.3. The van der Waals surface area contributed by atoms with Crippen molar-refractivity contribution in [2.75, 3.05) is 0 Å². The van der Waals surface area contributed by atoms with Gasteiger partial charge in [-0.25, -0.2) is 24.9 Å². The molecule has 0 unspecified atom stereocenters. The molecule has 49 heavy (non-hydrogen) atoms. The Morgan fingerprint density at radius 2 is 0.755 bits per heavy atom. The predicted octanol–water partition coefficient (Wildman–Crippen LogP) is 11.0. The summed E-state index contributed by atoms with van der Waals surface area (Å²) in [5, 5.41) is 1.04. The van der Waals surface area contributed by atoms with Gasteiger partial charge >= 0.3 is 0 Å². The second-order valence-corrected chi connectivity index (χ2v) is 12.7. The average molecular weight is 646 g/mol. The predicted molar refractivity (Wildman–Crippen MR) is 201 cm³/mol. The van der Waals surface area contributed by atoms with Crippen LogP contribution in [0.15, 0.2) is 164 Å². The van der Waals surface area contributed by atoms with Gasteiger partial charge in [0.25, 0.3) is 0 Å². The largest absolute Gasteiger partial charge is 0.226 e. The highest BCUT2D eigenvalue weighted by molar-refractivity contribution is 7.26. The van der Waals surface area contributed by atoms with E-state index in [0.717, 1.165) is 59.4 Å². The molecule has 9 aromatic rings. The molecule has 6 heteroatoms. The van der Waals surface area contributed by atoms with Crippen molar-refractivity contribution in [3.8, 4) is 67.9 Å². The molecule has 230 valence electrons. The van der Waals surface area contributed by atoms with E-state index in [1.54, 1.807) is 11.3 Å². The maximum absolute atomic E-state index is 5.21. The zero-order valence-electron chi connectivity index (χ0n) is 26.2. The van der Waals surface area contributed by atoms with Crippen molar-refractivity contribution in [2.24, 2.45) is 0 Å². The SMILES string of the molecule is c1ccc(-c2ccc(-c3nc(-c4ccccc4)nc4c3sc3c(-c5nc(-c6ccccc6)nc(-c6ccccc6)n5)cccc34)cc2)cc1. The summed E-state index contributed by atoms with van der Waals surface area (Å²) in [6, 6.07) is 55.7. The van der Waals surface area contributed by atoms with Gasteiger partial charge in [-0.15, -0.1) is 11.3 Å². The second-order valence-electron chi connectivity index (χ2n) is 11.7. The third-order valence-electron chi connectivity index (χ3n) is 8.58. The zero-order valence-corrected chi connectivity index (χ0v) is 27.0. The lowest BCUT2D eigenvalue weighted by molar-refractivity contribution is 1.08. The summed E-state index contributed by atoms with van der Waals surface area (Å²) >= 11 is 1.69. The molecule has 3 aromatic heterocycles. The lowest BCUT2D eigenvalue weighted by atomic mass is 10.0. The van der Waals surface area contributed by atoms with E-state index in [1.165, 1.54) is 5.56 Å². The lowest BCUT2D eigenvalue weighted by Gasteiger charge is -2.09. The Bertz CT molecular complexity index is 2510. The van der Waals surface area contributed by atoms with E-state index >= 15 is 0 Å². The van der Waals surface area contributed by atoms with Crippen molar-refractivity contribution in [2.45, 2.75) is 0 Å². The van der Waals surface area contributed by atoms with Gasteiger partial charge in [-0.1, -0.05) is 158 Å². The average Bonchev–Trinajstić information content (AvgIpc) is 3.58. The minimum Gasteiger partial charge on any atom is -0.226 e. The molecule has 0 N–H and O–H groups in total. The van der Waals surface area contributed by atoms with Crippen molar-refractivity contribution >= 4 is 31.6 Å². The Balaban J connectivity index is 1.27. The first-order chi connectivity index (χ1) is 24.3. The van der Waals surface area contributed by atoms with Gasteiger partial charge in [0.2, 0.25) is 0 Å². The Labute approximate surface area is 287 Å². The van der Waals surface area contributed by atoms with Crippen LogP contribution in [0.3, 0.4) is 0 Å². The molecule has 0 aliphatic rings. The molecule has 0 bridgehead atoms. The topological polar surface area (TPSA) is 64.5 Å². The summed E-state index contributed by atoms with van der Waals surface area (Å²) in [7, 11) is 0. The molecule has 3 heterocycles. The molecule has 0 fully saturated rings. The first-order valence-corrected chi connectivity index (χ1v) is 16.9. The quantitative estimate of drug-likeness (QED) is 0.180. The van der Waals surface area contributed by atoms with Crippen molar-refractivity contribution in [3.05, 3.63) is 164 Å². The summed E-state index contributed by atoms with van der Waals surface area (Å²) < 4.78 is 2.08. The Morgan fingerprint density at radius 3 is 1.31 bits per heavy atom. The van der Waals surface area contributed by atoms with Gasteiger partial charge in [0.15, 0.2) is 23.3 Å². The lowest BCUT2D eigenvalue weighted by Crippen LogP contribution is -2.00. The molecule has 5 nitrogen and oxygen atoms in total. The molecule has 0 spiro atoms. The van der Waals surface area contributed by atoms with Gasteiger partial charge in [0, 0.05) is 37.9 Å². The third-order valence-corrected chi connectivity index (χ3v) is 9.81. The number of nitrogens with zero attached hydrogens (tertiary/aromatic N) is 5. The van der Waals surface area contributed by atoms with Crippen LogP contribution in [0, 0.1) is 0 Å². The number of hydrogen-bond donors (Lipinski definition) is 0. The molecular formula is C43H27N5S. The van der Waals surface area contributed by atoms with Crippen molar-refractivity contribution in [3.63, 3.8) is 0 Å². The number of thiophene rings is 1. The van der Waals surface area contributed by atoms with Gasteiger partial charge in [-0.3, -0.25) is 0 Å².